The van der Waals surface area contributed by atoms with Gasteiger partial charge in [0.1, 0.15) is 15.8 Å². The van der Waals surface area contributed by atoms with Crippen LogP contribution < -0.4 is 10.1 Å². The van der Waals surface area contributed by atoms with Gasteiger partial charge in [0.05, 0.1) is 24.3 Å². The third-order valence-corrected chi connectivity index (χ3v) is 4.28. The van der Waals surface area contributed by atoms with Crippen LogP contribution >= 0.6 is 11.3 Å². The molecule has 0 aliphatic carbocycles. The molecule has 1 aromatic heterocycles. The molecular weight excluding hydrogens is 328 g/mol. The van der Waals surface area contributed by atoms with Crippen LogP contribution in [0.3, 0.4) is 0 Å². The summed E-state index contributed by atoms with van der Waals surface area (Å²) in [5.41, 5.74) is 1.55. The topological polar surface area (TPSA) is 90.2 Å². The molecule has 0 spiro atoms. The highest BCUT2D eigenvalue weighted by Gasteiger charge is 2.12. The van der Waals surface area contributed by atoms with Crippen LogP contribution in [0.5, 0.6) is 5.75 Å². The number of methoxy groups -OCH3 is 1. The van der Waals surface area contributed by atoms with Gasteiger partial charge < -0.3 is 10.1 Å². The van der Waals surface area contributed by atoms with Crippen molar-refractivity contribution in [1.29, 1.82) is 0 Å². The lowest BCUT2D eigenvalue weighted by Gasteiger charge is -2.09. The van der Waals surface area contributed by atoms with Crippen molar-refractivity contribution in [3.05, 3.63) is 63.7 Å². The largest absolute Gasteiger partial charge is 0.495 e. The number of nitro groups is 1. The summed E-state index contributed by atoms with van der Waals surface area (Å²) >= 11 is 1.47. The van der Waals surface area contributed by atoms with Gasteiger partial charge in [-0.15, -0.1) is 10.2 Å². The van der Waals surface area contributed by atoms with Crippen LogP contribution in [-0.4, -0.2) is 22.2 Å². The van der Waals surface area contributed by atoms with Gasteiger partial charge in [-0.05, 0) is 6.07 Å². The molecule has 0 atom stereocenters. The first-order chi connectivity index (χ1) is 11.7. The maximum atomic E-state index is 10.9. The van der Waals surface area contributed by atoms with Gasteiger partial charge in [-0.2, -0.15) is 0 Å². The van der Waals surface area contributed by atoms with E-state index in [1.54, 1.807) is 6.07 Å². The van der Waals surface area contributed by atoms with E-state index in [-0.39, 0.29) is 5.69 Å². The lowest BCUT2D eigenvalue weighted by Crippen LogP contribution is -2.02. The van der Waals surface area contributed by atoms with Crippen molar-refractivity contribution in [3.63, 3.8) is 0 Å². The van der Waals surface area contributed by atoms with Gasteiger partial charge in [-0.3, -0.25) is 10.1 Å². The number of nitro benzene ring substituents is 1. The van der Waals surface area contributed by atoms with Gasteiger partial charge in [-0.25, -0.2) is 0 Å². The summed E-state index contributed by atoms with van der Waals surface area (Å²) in [7, 11) is 1.52. The summed E-state index contributed by atoms with van der Waals surface area (Å²) in [6.45, 7) is 0.405. The second kappa shape index (κ2) is 7.05. The van der Waals surface area contributed by atoms with E-state index >= 15 is 0 Å². The van der Waals surface area contributed by atoms with Crippen LogP contribution in [0, 0.1) is 10.1 Å². The van der Waals surface area contributed by atoms with Crippen LogP contribution in [-0.2, 0) is 6.54 Å². The normalized spacial score (nSPS) is 10.4. The Morgan fingerprint density at radius 3 is 2.71 bits per heavy atom. The van der Waals surface area contributed by atoms with Gasteiger partial charge in [-0.1, -0.05) is 41.7 Å². The highest BCUT2D eigenvalue weighted by Crippen LogP contribution is 2.30. The molecule has 2 aromatic carbocycles. The lowest BCUT2D eigenvalue weighted by molar-refractivity contribution is -0.384. The van der Waals surface area contributed by atoms with Crippen LogP contribution in [0.2, 0.25) is 0 Å². The molecule has 0 saturated carbocycles. The third kappa shape index (κ3) is 3.49. The number of rotatable bonds is 6. The molecule has 0 unspecified atom stereocenters. The number of aromatic nitrogens is 2. The van der Waals surface area contributed by atoms with E-state index in [1.807, 2.05) is 30.3 Å². The van der Waals surface area contributed by atoms with Gasteiger partial charge in [0.25, 0.3) is 5.69 Å². The second-order valence-electron chi connectivity index (χ2n) is 4.86. The van der Waals surface area contributed by atoms with Crippen molar-refractivity contribution < 1.29 is 9.66 Å². The standard InChI is InChI=1S/C16H14N4O3S/c1-23-14-8-7-12(20(21)22)9-13(14)17-10-15-18-19-16(24-15)11-5-3-2-4-6-11/h2-9,17H,10H2,1H3. The summed E-state index contributed by atoms with van der Waals surface area (Å²) in [5.74, 6) is 0.536. The summed E-state index contributed by atoms with van der Waals surface area (Å²) in [6, 6.07) is 14.2. The molecule has 0 saturated heterocycles. The predicted octanol–water partition coefficient (Wildman–Crippen LogP) is 3.73. The molecule has 0 aliphatic heterocycles. The summed E-state index contributed by atoms with van der Waals surface area (Å²) in [6.07, 6.45) is 0. The van der Waals surface area contributed by atoms with Gasteiger partial charge in [0.15, 0.2) is 0 Å². The molecule has 7 nitrogen and oxygen atoms in total. The average molecular weight is 342 g/mol. The minimum Gasteiger partial charge on any atom is -0.495 e. The zero-order valence-electron chi connectivity index (χ0n) is 12.8. The number of benzene rings is 2. The Morgan fingerprint density at radius 2 is 2.00 bits per heavy atom. The molecule has 0 radical (unpaired) electrons. The van der Waals surface area contributed by atoms with Gasteiger partial charge >= 0.3 is 0 Å². The zero-order chi connectivity index (χ0) is 16.9. The van der Waals surface area contributed by atoms with E-state index in [0.717, 1.165) is 15.6 Å². The first-order valence-corrected chi connectivity index (χ1v) is 7.93. The van der Waals surface area contributed by atoms with E-state index in [0.29, 0.717) is 18.0 Å². The fraction of sp³-hybridized carbons (Fsp3) is 0.125. The second-order valence-corrected chi connectivity index (χ2v) is 5.92. The van der Waals surface area contributed by atoms with Crippen molar-refractivity contribution in [1.82, 2.24) is 10.2 Å². The van der Waals surface area contributed by atoms with E-state index in [9.17, 15) is 10.1 Å². The van der Waals surface area contributed by atoms with Crippen LogP contribution in [0.15, 0.2) is 48.5 Å². The summed E-state index contributed by atoms with van der Waals surface area (Å²) < 4.78 is 5.23. The molecule has 3 rings (SSSR count). The van der Waals surface area contributed by atoms with E-state index in [1.165, 1.54) is 30.6 Å². The van der Waals surface area contributed by atoms with E-state index < -0.39 is 4.92 Å². The minimum absolute atomic E-state index is 0.000498. The number of hydrogen-bond acceptors (Lipinski definition) is 7. The number of nitrogens with zero attached hydrogens (tertiary/aromatic N) is 3. The Bertz CT molecular complexity index is 852. The average Bonchev–Trinajstić information content (AvgIpc) is 3.09. The molecule has 0 aliphatic rings. The molecule has 8 heteroatoms. The number of anilines is 1. The zero-order valence-corrected chi connectivity index (χ0v) is 13.6. The van der Waals surface area contributed by atoms with Crippen molar-refractivity contribution in [2.75, 3.05) is 12.4 Å². The smallest absolute Gasteiger partial charge is 0.271 e. The molecule has 1 N–H and O–H groups in total. The van der Waals surface area contributed by atoms with Crippen molar-refractivity contribution >= 4 is 22.7 Å². The summed E-state index contributed by atoms with van der Waals surface area (Å²) in [5, 5.41) is 24.0. The molecule has 0 fully saturated rings. The maximum Gasteiger partial charge on any atom is 0.271 e. The number of ether oxygens (including phenoxy) is 1. The first kappa shape index (κ1) is 15.9. The highest BCUT2D eigenvalue weighted by molar-refractivity contribution is 7.14. The quantitative estimate of drug-likeness (QED) is 0.542. The Morgan fingerprint density at radius 1 is 1.21 bits per heavy atom. The van der Waals surface area contributed by atoms with Crippen LogP contribution in [0.25, 0.3) is 10.6 Å². The molecule has 24 heavy (non-hydrogen) atoms. The van der Waals surface area contributed by atoms with Gasteiger partial charge in [0, 0.05) is 17.7 Å². The third-order valence-electron chi connectivity index (χ3n) is 3.31. The van der Waals surface area contributed by atoms with Gasteiger partial charge in [0.2, 0.25) is 0 Å². The fourth-order valence-electron chi connectivity index (χ4n) is 2.14. The molecule has 122 valence electrons. The predicted molar refractivity (Wildman–Crippen MR) is 92.3 cm³/mol. The van der Waals surface area contributed by atoms with Crippen LogP contribution in [0.1, 0.15) is 5.01 Å². The number of hydrogen-bond donors (Lipinski definition) is 1. The van der Waals surface area contributed by atoms with E-state index in [4.69, 9.17) is 4.74 Å². The Hall–Kier alpha value is -3.00. The van der Waals surface area contributed by atoms with Crippen molar-refractivity contribution in [2.45, 2.75) is 6.54 Å². The maximum absolute atomic E-state index is 10.9. The Labute approximate surface area is 142 Å². The van der Waals surface area contributed by atoms with Crippen LogP contribution in [0.4, 0.5) is 11.4 Å². The molecule has 0 amide bonds. The monoisotopic (exact) mass is 342 g/mol. The summed E-state index contributed by atoms with van der Waals surface area (Å²) in [4.78, 5) is 10.5. The lowest BCUT2D eigenvalue weighted by atomic mass is 10.2. The Kier molecular flexibility index (Phi) is 4.66. The first-order valence-electron chi connectivity index (χ1n) is 7.11. The van der Waals surface area contributed by atoms with Crippen molar-refractivity contribution in [3.8, 4) is 16.3 Å². The highest BCUT2D eigenvalue weighted by atomic mass is 32.1. The minimum atomic E-state index is -0.441. The molecular formula is C16H14N4O3S. The van der Waals surface area contributed by atoms with Crippen molar-refractivity contribution in [2.24, 2.45) is 0 Å². The number of non-ortho nitro benzene ring substituents is 1. The molecule has 3 aromatic rings. The fourth-order valence-corrected chi connectivity index (χ4v) is 2.93. The SMILES string of the molecule is COc1ccc([N+](=O)[O-])cc1NCc1nnc(-c2ccccc2)s1. The van der Waals surface area contributed by atoms with E-state index in [2.05, 4.69) is 15.5 Å². The molecule has 1 heterocycles. The molecule has 0 bridgehead atoms. The number of nitrogens with one attached hydrogen (secondary N) is 1. The Balaban J connectivity index is 1.75.